The summed E-state index contributed by atoms with van der Waals surface area (Å²) >= 11 is 0. The minimum Gasteiger partial charge on any atom is -0.478 e. The number of aliphatic carboxylic acids is 1. The number of fused-ring (bicyclic) bond motifs is 5. The SMILES string of the molecule is CC(C)N(C(=O)[C@@H]1CC[C@H]2[C@@H]3CC=C4C=C(C(=O)O)CC[C@]4(C)[C@H]3CC[C@]12C)C(C)C. The van der Waals surface area contributed by atoms with Crippen LogP contribution in [0.4, 0.5) is 0 Å². The Morgan fingerprint density at radius 3 is 2.32 bits per heavy atom. The van der Waals surface area contributed by atoms with E-state index >= 15 is 0 Å². The summed E-state index contributed by atoms with van der Waals surface area (Å²) in [6.45, 7) is 13.3. The molecule has 4 nitrogen and oxygen atoms in total. The van der Waals surface area contributed by atoms with Crippen LogP contribution in [0.2, 0.25) is 0 Å². The molecule has 0 saturated heterocycles. The number of amides is 1. The van der Waals surface area contributed by atoms with Crippen molar-refractivity contribution < 1.29 is 14.7 Å². The third kappa shape index (κ3) is 3.40. The standard InChI is InChI=1S/C27H41NO3/c1-16(2)28(17(3)4)24(29)23-10-9-21-20-8-7-19-15-18(25(30)31)11-13-26(19,5)22(20)12-14-27(21,23)6/h7,15-17,20-23H,8-14H2,1-6H3,(H,30,31)/t20-,21-,22-,23-,26-,27-/m0/s1. The van der Waals surface area contributed by atoms with E-state index in [0.717, 1.165) is 38.5 Å². The van der Waals surface area contributed by atoms with Crippen LogP contribution in [-0.4, -0.2) is 34.0 Å². The fraction of sp³-hybridized carbons (Fsp3) is 0.778. The van der Waals surface area contributed by atoms with Gasteiger partial charge in [0.2, 0.25) is 5.91 Å². The third-order valence-electron chi connectivity index (χ3n) is 9.71. The van der Waals surface area contributed by atoms with Crippen molar-refractivity contribution in [1.82, 2.24) is 4.90 Å². The first-order chi connectivity index (χ1) is 14.5. The number of hydrogen-bond donors (Lipinski definition) is 1. The first-order valence-corrected chi connectivity index (χ1v) is 12.5. The summed E-state index contributed by atoms with van der Waals surface area (Å²) < 4.78 is 0. The highest BCUT2D eigenvalue weighted by molar-refractivity contribution is 5.87. The molecule has 2 saturated carbocycles. The van der Waals surface area contributed by atoms with Crippen LogP contribution in [-0.2, 0) is 9.59 Å². The molecule has 1 N–H and O–H groups in total. The molecule has 0 aromatic rings. The van der Waals surface area contributed by atoms with Crippen LogP contribution in [0, 0.1) is 34.5 Å². The predicted molar refractivity (Wildman–Crippen MR) is 123 cm³/mol. The van der Waals surface area contributed by atoms with E-state index in [2.05, 4.69) is 52.5 Å². The highest BCUT2D eigenvalue weighted by atomic mass is 16.4. The Kier molecular flexibility index (Phi) is 5.67. The van der Waals surface area contributed by atoms with Gasteiger partial charge in [-0.1, -0.05) is 19.9 Å². The fourth-order valence-corrected chi connectivity index (χ4v) is 8.18. The second-order valence-electron chi connectivity index (χ2n) is 11.8. The number of hydrogen-bond acceptors (Lipinski definition) is 2. The van der Waals surface area contributed by atoms with Crippen molar-refractivity contribution in [3.8, 4) is 0 Å². The van der Waals surface area contributed by atoms with Gasteiger partial charge < -0.3 is 10.0 Å². The molecule has 0 aliphatic heterocycles. The average molecular weight is 428 g/mol. The van der Waals surface area contributed by atoms with Crippen LogP contribution >= 0.6 is 0 Å². The zero-order chi connectivity index (χ0) is 22.7. The normalized spacial score (nSPS) is 39.4. The predicted octanol–water partition coefficient (Wildman–Crippen LogP) is 5.83. The van der Waals surface area contributed by atoms with Crippen LogP contribution < -0.4 is 0 Å². The number of nitrogens with zero attached hydrogens (tertiary/aromatic N) is 1. The monoisotopic (exact) mass is 427 g/mol. The van der Waals surface area contributed by atoms with Crippen LogP contribution in [0.25, 0.3) is 0 Å². The molecule has 2 fully saturated rings. The summed E-state index contributed by atoms with van der Waals surface area (Å²) in [5.41, 5.74) is 2.01. The van der Waals surface area contributed by atoms with E-state index in [-0.39, 0.29) is 28.8 Å². The summed E-state index contributed by atoms with van der Waals surface area (Å²) in [5, 5.41) is 9.47. The largest absolute Gasteiger partial charge is 0.478 e. The first-order valence-electron chi connectivity index (χ1n) is 12.5. The second-order valence-corrected chi connectivity index (χ2v) is 11.8. The molecule has 0 bridgehead atoms. The number of carboxylic acid groups (broad SMARTS) is 1. The van der Waals surface area contributed by atoms with E-state index in [4.69, 9.17) is 0 Å². The van der Waals surface area contributed by atoms with E-state index in [1.54, 1.807) is 0 Å². The van der Waals surface area contributed by atoms with Gasteiger partial charge in [-0.05, 0) is 113 Å². The quantitative estimate of drug-likeness (QED) is 0.614. The highest BCUT2D eigenvalue weighted by Gasteiger charge is 2.60. The topological polar surface area (TPSA) is 57.6 Å². The molecule has 0 aromatic heterocycles. The van der Waals surface area contributed by atoms with Crippen molar-refractivity contribution in [2.24, 2.45) is 34.5 Å². The van der Waals surface area contributed by atoms with Gasteiger partial charge in [0.15, 0.2) is 0 Å². The van der Waals surface area contributed by atoms with E-state index in [1.807, 2.05) is 6.08 Å². The summed E-state index contributed by atoms with van der Waals surface area (Å²) in [6, 6.07) is 0.478. The number of carbonyl (C=O) groups excluding carboxylic acids is 1. The van der Waals surface area contributed by atoms with E-state index in [1.165, 1.54) is 5.57 Å². The number of rotatable bonds is 4. The van der Waals surface area contributed by atoms with Crippen LogP contribution in [0.15, 0.2) is 23.3 Å². The number of carboxylic acids is 1. The minimum absolute atomic E-state index is 0.0905. The Bertz CT molecular complexity index is 816. The number of carbonyl (C=O) groups is 2. The molecule has 0 spiro atoms. The molecule has 0 unspecified atom stereocenters. The van der Waals surface area contributed by atoms with Crippen LogP contribution in [0.3, 0.4) is 0 Å². The second kappa shape index (κ2) is 7.78. The smallest absolute Gasteiger partial charge is 0.331 e. The lowest BCUT2D eigenvalue weighted by Crippen LogP contribution is -2.53. The van der Waals surface area contributed by atoms with Gasteiger partial charge in [-0.25, -0.2) is 4.79 Å². The van der Waals surface area contributed by atoms with Crippen LogP contribution in [0.1, 0.15) is 86.5 Å². The van der Waals surface area contributed by atoms with Gasteiger partial charge in [-0.3, -0.25) is 4.79 Å². The maximum atomic E-state index is 13.7. The Morgan fingerprint density at radius 1 is 1.03 bits per heavy atom. The van der Waals surface area contributed by atoms with E-state index < -0.39 is 5.97 Å². The Morgan fingerprint density at radius 2 is 1.71 bits per heavy atom. The van der Waals surface area contributed by atoms with E-state index in [9.17, 15) is 14.7 Å². The molecule has 1 amide bonds. The van der Waals surface area contributed by atoms with Gasteiger partial charge in [0.05, 0.1) is 0 Å². The Hall–Kier alpha value is -1.58. The van der Waals surface area contributed by atoms with Gasteiger partial charge in [0.25, 0.3) is 0 Å². The number of allylic oxidation sites excluding steroid dienone is 3. The van der Waals surface area contributed by atoms with Crippen molar-refractivity contribution in [2.75, 3.05) is 0 Å². The van der Waals surface area contributed by atoms with Gasteiger partial charge in [0.1, 0.15) is 0 Å². The zero-order valence-corrected chi connectivity index (χ0v) is 20.3. The fourth-order valence-electron chi connectivity index (χ4n) is 8.18. The highest BCUT2D eigenvalue weighted by Crippen LogP contribution is 2.66. The molecular weight excluding hydrogens is 386 g/mol. The van der Waals surface area contributed by atoms with Crippen molar-refractivity contribution >= 4 is 11.9 Å². The third-order valence-corrected chi connectivity index (χ3v) is 9.71. The van der Waals surface area contributed by atoms with Crippen molar-refractivity contribution in [1.29, 1.82) is 0 Å². The molecule has 6 atom stereocenters. The van der Waals surface area contributed by atoms with E-state index in [0.29, 0.717) is 35.7 Å². The maximum Gasteiger partial charge on any atom is 0.331 e. The lowest BCUT2D eigenvalue weighted by molar-refractivity contribution is -0.146. The molecular formula is C27H41NO3. The van der Waals surface area contributed by atoms with Crippen molar-refractivity contribution in [3.05, 3.63) is 23.3 Å². The molecule has 172 valence electrons. The van der Waals surface area contributed by atoms with Gasteiger partial charge in [-0.15, -0.1) is 0 Å². The molecule has 4 aliphatic carbocycles. The lowest BCUT2D eigenvalue weighted by atomic mass is 9.48. The molecule has 4 heteroatoms. The summed E-state index contributed by atoms with van der Waals surface area (Å²) in [5.74, 6) is 1.58. The molecule has 0 heterocycles. The molecule has 0 aromatic carbocycles. The van der Waals surface area contributed by atoms with Crippen molar-refractivity contribution in [3.63, 3.8) is 0 Å². The van der Waals surface area contributed by atoms with Crippen molar-refractivity contribution in [2.45, 2.75) is 98.6 Å². The molecule has 4 rings (SSSR count). The van der Waals surface area contributed by atoms with Gasteiger partial charge in [-0.2, -0.15) is 0 Å². The maximum absolute atomic E-state index is 13.7. The Labute approximate surface area is 188 Å². The minimum atomic E-state index is -0.765. The summed E-state index contributed by atoms with van der Waals surface area (Å²) in [7, 11) is 0. The zero-order valence-electron chi connectivity index (χ0n) is 20.3. The average Bonchev–Trinajstić information content (AvgIpc) is 3.03. The molecule has 4 aliphatic rings. The Balaban J connectivity index is 1.62. The lowest BCUT2D eigenvalue weighted by Gasteiger charge is -2.57. The van der Waals surface area contributed by atoms with Gasteiger partial charge >= 0.3 is 5.97 Å². The van der Waals surface area contributed by atoms with Gasteiger partial charge in [0, 0.05) is 23.6 Å². The first kappa shape index (κ1) is 22.6. The summed E-state index contributed by atoms with van der Waals surface area (Å²) in [4.78, 5) is 27.3. The molecule has 0 radical (unpaired) electrons. The summed E-state index contributed by atoms with van der Waals surface area (Å²) in [6.07, 6.45) is 11.4. The molecule has 31 heavy (non-hydrogen) atoms. The van der Waals surface area contributed by atoms with Crippen LogP contribution in [0.5, 0.6) is 0 Å².